The van der Waals surface area contributed by atoms with Gasteiger partial charge in [0.05, 0.1) is 6.10 Å². The van der Waals surface area contributed by atoms with E-state index >= 15 is 0 Å². The fourth-order valence-electron chi connectivity index (χ4n) is 4.28. The van der Waals surface area contributed by atoms with Crippen molar-refractivity contribution in [1.29, 1.82) is 0 Å². The Morgan fingerprint density at radius 2 is 2.00 bits per heavy atom. The smallest absolute Gasteiger partial charge is 0.180 e. The third-order valence-corrected chi connectivity index (χ3v) is 5.74. The Morgan fingerprint density at radius 3 is 2.85 bits per heavy atom. The van der Waals surface area contributed by atoms with Crippen LogP contribution in [-0.4, -0.2) is 32.7 Å². The molecule has 4 rings (SSSR count). The van der Waals surface area contributed by atoms with E-state index in [2.05, 4.69) is 10.3 Å². The number of fused-ring (bicyclic) bond motifs is 1. The summed E-state index contributed by atoms with van der Waals surface area (Å²) in [4.78, 5) is 13.9. The molecule has 2 atom stereocenters. The monoisotopic (exact) mass is 352 g/mol. The van der Waals surface area contributed by atoms with Gasteiger partial charge in [-0.05, 0) is 63.0 Å². The van der Waals surface area contributed by atoms with Crippen LogP contribution in [0.2, 0.25) is 0 Å². The number of aliphatic hydroxyl groups excluding tert-OH is 1. The van der Waals surface area contributed by atoms with Gasteiger partial charge in [0, 0.05) is 24.0 Å². The molecule has 1 fully saturated rings. The summed E-state index contributed by atoms with van der Waals surface area (Å²) in [6.45, 7) is 0.897. The van der Waals surface area contributed by atoms with Crippen molar-refractivity contribution < 1.29 is 5.11 Å². The van der Waals surface area contributed by atoms with Crippen LogP contribution >= 0.6 is 0 Å². The SMILES string of the molecule is OC1CCCCC1CCCNc1nc(-c2ccccn2)nc2c1CCC2. The quantitative estimate of drug-likeness (QED) is 0.775. The highest BCUT2D eigenvalue weighted by Crippen LogP contribution is 2.30. The minimum absolute atomic E-state index is 0.0946. The molecular formula is C21H28N4O. The minimum Gasteiger partial charge on any atom is -0.393 e. The second-order valence-corrected chi connectivity index (χ2v) is 7.57. The van der Waals surface area contributed by atoms with E-state index in [0.717, 1.165) is 62.4 Å². The molecule has 5 heteroatoms. The average Bonchev–Trinajstić information content (AvgIpc) is 3.16. The number of pyridine rings is 1. The van der Waals surface area contributed by atoms with Crippen LogP contribution in [0, 0.1) is 5.92 Å². The zero-order valence-corrected chi connectivity index (χ0v) is 15.3. The number of aryl methyl sites for hydroxylation is 1. The van der Waals surface area contributed by atoms with Crippen molar-refractivity contribution in [3.05, 3.63) is 35.7 Å². The first-order chi connectivity index (χ1) is 12.8. The van der Waals surface area contributed by atoms with Gasteiger partial charge < -0.3 is 10.4 Å². The predicted molar refractivity (Wildman–Crippen MR) is 103 cm³/mol. The lowest BCUT2D eigenvalue weighted by atomic mass is 9.83. The van der Waals surface area contributed by atoms with Crippen molar-refractivity contribution in [2.45, 2.75) is 63.9 Å². The van der Waals surface area contributed by atoms with Crippen LogP contribution in [0.4, 0.5) is 5.82 Å². The number of aliphatic hydroxyl groups is 1. The summed E-state index contributed by atoms with van der Waals surface area (Å²) >= 11 is 0. The summed E-state index contributed by atoms with van der Waals surface area (Å²) < 4.78 is 0. The van der Waals surface area contributed by atoms with Gasteiger partial charge in [-0.3, -0.25) is 4.98 Å². The molecule has 2 aromatic rings. The summed E-state index contributed by atoms with van der Waals surface area (Å²) in [7, 11) is 0. The van der Waals surface area contributed by atoms with Crippen LogP contribution in [0.25, 0.3) is 11.5 Å². The van der Waals surface area contributed by atoms with E-state index < -0.39 is 0 Å². The summed E-state index contributed by atoms with van der Waals surface area (Å²) in [5, 5.41) is 13.7. The fourth-order valence-corrected chi connectivity index (χ4v) is 4.28. The largest absolute Gasteiger partial charge is 0.393 e. The first kappa shape index (κ1) is 17.4. The fraction of sp³-hybridized carbons (Fsp3) is 0.571. The van der Waals surface area contributed by atoms with Gasteiger partial charge in [-0.1, -0.05) is 18.9 Å². The number of anilines is 1. The van der Waals surface area contributed by atoms with E-state index in [1.807, 2.05) is 18.2 Å². The van der Waals surface area contributed by atoms with Crippen molar-refractivity contribution >= 4 is 5.82 Å². The third kappa shape index (κ3) is 3.88. The molecule has 0 spiro atoms. The molecule has 2 aliphatic rings. The van der Waals surface area contributed by atoms with Gasteiger partial charge >= 0.3 is 0 Å². The molecule has 5 nitrogen and oxygen atoms in total. The van der Waals surface area contributed by atoms with E-state index in [0.29, 0.717) is 5.92 Å². The molecule has 138 valence electrons. The topological polar surface area (TPSA) is 70.9 Å². The molecule has 1 saturated carbocycles. The average molecular weight is 352 g/mol. The van der Waals surface area contributed by atoms with Crippen LogP contribution < -0.4 is 5.32 Å². The molecule has 0 amide bonds. The Balaban J connectivity index is 1.42. The van der Waals surface area contributed by atoms with Gasteiger partial charge in [-0.25, -0.2) is 9.97 Å². The Morgan fingerprint density at radius 1 is 1.08 bits per heavy atom. The van der Waals surface area contributed by atoms with Crippen molar-refractivity contribution in [1.82, 2.24) is 15.0 Å². The standard InChI is InChI=1S/C21H28N4O/c26-19-12-2-1-7-15(19)8-6-14-23-20-16-9-5-11-17(16)24-21(25-20)18-10-3-4-13-22-18/h3-4,10,13,15,19,26H,1-2,5-9,11-12,14H2,(H,23,24,25). The molecule has 0 bridgehead atoms. The van der Waals surface area contributed by atoms with E-state index in [9.17, 15) is 5.11 Å². The Kier molecular flexibility index (Phi) is 5.44. The summed E-state index contributed by atoms with van der Waals surface area (Å²) in [5.74, 6) is 2.18. The lowest BCUT2D eigenvalue weighted by molar-refractivity contribution is 0.0648. The summed E-state index contributed by atoms with van der Waals surface area (Å²) in [6, 6.07) is 5.85. The van der Waals surface area contributed by atoms with Crippen molar-refractivity contribution in [2.75, 3.05) is 11.9 Å². The van der Waals surface area contributed by atoms with Crippen LogP contribution in [0.3, 0.4) is 0 Å². The molecule has 2 unspecified atom stereocenters. The highest BCUT2D eigenvalue weighted by molar-refractivity contribution is 5.57. The maximum atomic E-state index is 10.1. The lowest BCUT2D eigenvalue weighted by Gasteiger charge is -2.27. The minimum atomic E-state index is -0.0946. The number of nitrogens with zero attached hydrogens (tertiary/aromatic N) is 3. The number of nitrogens with one attached hydrogen (secondary N) is 1. The predicted octanol–water partition coefficient (Wildman–Crippen LogP) is 3.77. The zero-order valence-electron chi connectivity index (χ0n) is 15.3. The number of hydrogen-bond acceptors (Lipinski definition) is 5. The summed E-state index contributed by atoms with van der Waals surface area (Å²) in [6.07, 6.45) is 11.7. The number of hydrogen-bond donors (Lipinski definition) is 2. The molecular weight excluding hydrogens is 324 g/mol. The van der Waals surface area contributed by atoms with Crippen LogP contribution in [0.15, 0.2) is 24.4 Å². The van der Waals surface area contributed by atoms with Crippen LogP contribution in [-0.2, 0) is 12.8 Å². The lowest BCUT2D eigenvalue weighted by Crippen LogP contribution is -2.24. The molecule has 26 heavy (non-hydrogen) atoms. The Bertz CT molecular complexity index is 734. The molecule has 2 aliphatic carbocycles. The van der Waals surface area contributed by atoms with E-state index in [-0.39, 0.29) is 6.10 Å². The maximum Gasteiger partial charge on any atom is 0.180 e. The van der Waals surface area contributed by atoms with Gasteiger partial charge in [0.1, 0.15) is 11.5 Å². The van der Waals surface area contributed by atoms with Crippen LogP contribution in [0.1, 0.15) is 56.2 Å². The number of aromatic nitrogens is 3. The molecule has 2 N–H and O–H groups in total. The molecule has 2 heterocycles. The van der Waals surface area contributed by atoms with Crippen molar-refractivity contribution in [2.24, 2.45) is 5.92 Å². The highest BCUT2D eigenvalue weighted by Gasteiger charge is 2.23. The second-order valence-electron chi connectivity index (χ2n) is 7.57. The molecule has 0 saturated heterocycles. The summed E-state index contributed by atoms with van der Waals surface area (Å²) in [5.41, 5.74) is 3.28. The first-order valence-electron chi connectivity index (χ1n) is 10.0. The third-order valence-electron chi connectivity index (χ3n) is 5.74. The zero-order chi connectivity index (χ0) is 17.8. The van der Waals surface area contributed by atoms with Crippen LogP contribution in [0.5, 0.6) is 0 Å². The molecule has 0 radical (unpaired) electrons. The van der Waals surface area contributed by atoms with Gasteiger partial charge in [-0.15, -0.1) is 0 Å². The molecule has 0 aliphatic heterocycles. The first-order valence-corrected chi connectivity index (χ1v) is 10.0. The Hall–Kier alpha value is -2.01. The van der Waals surface area contributed by atoms with E-state index in [4.69, 9.17) is 9.97 Å². The second kappa shape index (κ2) is 8.12. The van der Waals surface area contributed by atoms with Crippen molar-refractivity contribution in [3.63, 3.8) is 0 Å². The Labute approximate surface area is 155 Å². The normalized spacial score (nSPS) is 22.2. The van der Waals surface area contributed by atoms with Gasteiger partial charge in [-0.2, -0.15) is 0 Å². The molecule has 0 aromatic carbocycles. The van der Waals surface area contributed by atoms with E-state index in [1.165, 1.54) is 30.5 Å². The van der Waals surface area contributed by atoms with Crippen molar-refractivity contribution in [3.8, 4) is 11.5 Å². The van der Waals surface area contributed by atoms with Gasteiger partial charge in [0.25, 0.3) is 0 Å². The maximum absolute atomic E-state index is 10.1. The highest BCUT2D eigenvalue weighted by atomic mass is 16.3. The van der Waals surface area contributed by atoms with Gasteiger partial charge in [0.2, 0.25) is 0 Å². The van der Waals surface area contributed by atoms with E-state index in [1.54, 1.807) is 6.20 Å². The molecule has 2 aromatic heterocycles. The number of rotatable bonds is 6. The van der Waals surface area contributed by atoms with Gasteiger partial charge in [0.15, 0.2) is 5.82 Å².